The van der Waals surface area contributed by atoms with E-state index in [0.717, 1.165) is 23.2 Å². The second kappa shape index (κ2) is 7.09. The van der Waals surface area contributed by atoms with E-state index in [2.05, 4.69) is 61.8 Å². The van der Waals surface area contributed by atoms with Crippen molar-refractivity contribution in [1.82, 2.24) is 19.6 Å². The Kier molecular flexibility index (Phi) is 5.66. The zero-order valence-corrected chi connectivity index (χ0v) is 14.9. The van der Waals surface area contributed by atoms with Crippen molar-refractivity contribution in [2.24, 2.45) is 0 Å². The number of aryl methyl sites for hydroxylation is 1. The first-order valence-corrected chi connectivity index (χ1v) is 7.98. The Morgan fingerprint density at radius 1 is 1.48 bits per heavy atom. The number of likely N-dealkylation sites (tertiary alicyclic amines) is 1. The van der Waals surface area contributed by atoms with Crippen molar-refractivity contribution < 1.29 is 0 Å². The maximum atomic E-state index is 4.56. The first-order valence-electron chi connectivity index (χ1n) is 7.19. The van der Waals surface area contributed by atoms with Gasteiger partial charge in [-0.25, -0.2) is 4.98 Å². The third kappa shape index (κ3) is 3.59. The lowest BCUT2D eigenvalue weighted by molar-refractivity contribution is 0.185. The van der Waals surface area contributed by atoms with Crippen LogP contribution >= 0.6 is 28.3 Å². The van der Waals surface area contributed by atoms with Crippen LogP contribution in [0.25, 0.3) is 5.65 Å². The van der Waals surface area contributed by atoms with Crippen LogP contribution in [0.2, 0.25) is 0 Å². The van der Waals surface area contributed by atoms with Gasteiger partial charge in [-0.3, -0.25) is 4.90 Å². The first-order chi connectivity index (χ1) is 9.67. The van der Waals surface area contributed by atoms with Gasteiger partial charge in [0.1, 0.15) is 5.65 Å². The second-order valence-electron chi connectivity index (χ2n) is 5.65. The number of nitrogens with zero attached hydrogens (tertiary/aromatic N) is 3. The van der Waals surface area contributed by atoms with Crippen LogP contribution in [-0.2, 0) is 6.54 Å². The van der Waals surface area contributed by atoms with Crippen molar-refractivity contribution in [3.05, 3.63) is 34.2 Å². The van der Waals surface area contributed by atoms with E-state index in [1.807, 2.05) is 6.20 Å². The fourth-order valence-corrected chi connectivity index (χ4v) is 3.59. The first kappa shape index (κ1) is 16.7. The van der Waals surface area contributed by atoms with Crippen molar-refractivity contribution in [2.75, 3.05) is 20.1 Å². The lowest BCUT2D eigenvalue weighted by atomic mass is 10.1. The highest BCUT2D eigenvalue weighted by atomic mass is 79.9. The number of imidazole rings is 1. The summed E-state index contributed by atoms with van der Waals surface area (Å²) < 4.78 is 3.32. The molecule has 0 spiro atoms. The Morgan fingerprint density at radius 3 is 3.05 bits per heavy atom. The smallest absolute Gasteiger partial charge is 0.139 e. The quantitative estimate of drug-likeness (QED) is 0.897. The summed E-state index contributed by atoms with van der Waals surface area (Å²) in [5.41, 5.74) is 3.53. The lowest BCUT2D eigenvalue weighted by Gasteiger charge is -2.32. The minimum Gasteiger partial charge on any atom is -0.316 e. The third-order valence-corrected chi connectivity index (χ3v) is 4.57. The minimum atomic E-state index is 0. The van der Waals surface area contributed by atoms with E-state index in [9.17, 15) is 0 Å². The molecule has 1 aliphatic rings. The summed E-state index contributed by atoms with van der Waals surface area (Å²) in [6, 6.07) is 2.74. The van der Waals surface area contributed by atoms with Crippen LogP contribution in [0.5, 0.6) is 0 Å². The SMILES string of the molecule is CNC1CCCN(Cc2cnc3c(C)cc(Br)cn23)C1.Cl. The molecule has 2 aromatic heterocycles. The molecule has 0 radical (unpaired) electrons. The molecule has 1 saturated heterocycles. The molecule has 21 heavy (non-hydrogen) atoms. The topological polar surface area (TPSA) is 32.6 Å². The lowest BCUT2D eigenvalue weighted by Crippen LogP contribution is -2.44. The number of halogens is 2. The van der Waals surface area contributed by atoms with Gasteiger partial charge in [-0.1, -0.05) is 0 Å². The predicted octanol–water partition coefficient (Wildman–Crippen LogP) is 3.01. The van der Waals surface area contributed by atoms with Crippen molar-refractivity contribution in [3.8, 4) is 0 Å². The second-order valence-corrected chi connectivity index (χ2v) is 6.56. The molecule has 1 fully saturated rings. The molecule has 0 aliphatic carbocycles. The Balaban J connectivity index is 0.00000161. The molecule has 0 amide bonds. The number of piperidine rings is 1. The number of rotatable bonds is 3. The fourth-order valence-electron chi connectivity index (χ4n) is 3.04. The normalized spacial score (nSPS) is 19.7. The van der Waals surface area contributed by atoms with Gasteiger partial charge in [0.05, 0.1) is 11.9 Å². The summed E-state index contributed by atoms with van der Waals surface area (Å²) in [4.78, 5) is 7.08. The fraction of sp³-hybridized carbons (Fsp3) is 0.533. The van der Waals surface area contributed by atoms with Crippen LogP contribution in [-0.4, -0.2) is 40.5 Å². The van der Waals surface area contributed by atoms with Gasteiger partial charge >= 0.3 is 0 Å². The molecular weight excluding hydrogens is 352 g/mol. The van der Waals surface area contributed by atoms with Gasteiger partial charge in [0, 0.05) is 29.8 Å². The molecule has 1 aliphatic heterocycles. The van der Waals surface area contributed by atoms with E-state index >= 15 is 0 Å². The molecule has 1 N–H and O–H groups in total. The maximum Gasteiger partial charge on any atom is 0.139 e. The zero-order valence-electron chi connectivity index (χ0n) is 12.5. The van der Waals surface area contributed by atoms with Crippen molar-refractivity contribution in [2.45, 2.75) is 32.4 Å². The molecule has 0 bridgehead atoms. The molecule has 0 aromatic carbocycles. The van der Waals surface area contributed by atoms with Gasteiger partial charge in [-0.15, -0.1) is 12.4 Å². The monoisotopic (exact) mass is 372 g/mol. The van der Waals surface area contributed by atoms with Gasteiger partial charge in [0.2, 0.25) is 0 Å². The average molecular weight is 374 g/mol. The standard InChI is InChI=1S/C15H21BrN4.ClH/c1-11-6-12(16)8-20-14(7-18-15(11)20)10-19-5-3-4-13(9-19)17-2;/h6-8,13,17H,3-5,9-10H2,1-2H3;1H. The van der Waals surface area contributed by atoms with Gasteiger partial charge in [-0.2, -0.15) is 0 Å². The summed E-state index contributed by atoms with van der Waals surface area (Å²) in [6.07, 6.45) is 6.68. The Morgan fingerprint density at radius 2 is 2.29 bits per heavy atom. The average Bonchev–Trinajstić information content (AvgIpc) is 2.82. The largest absolute Gasteiger partial charge is 0.316 e. The Bertz CT molecular complexity index is 613. The van der Waals surface area contributed by atoms with Crippen molar-refractivity contribution in [3.63, 3.8) is 0 Å². The maximum absolute atomic E-state index is 4.56. The van der Waals surface area contributed by atoms with Gasteiger partial charge in [-0.05, 0) is 60.9 Å². The molecule has 3 rings (SSSR count). The molecule has 1 unspecified atom stereocenters. The van der Waals surface area contributed by atoms with E-state index < -0.39 is 0 Å². The van der Waals surface area contributed by atoms with E-state index in [4.69, 9.17) is 0 Å². The van der Waals surface area contributed by atoms with Crippen molar-refractivity contribution >= 4 is 34.0 Å². The van der Waals surface area contributed by atoms with Gasteiger partial charge < -0.3 is 9.72 Å². The summed E-state index contributed by atoms with van der Waals surface area (Å²) in [5, 5.41) is 3.40. The Hall–Kier alpha value is -0.620. The molecule has 2 aromatic rings. The van der Waals surface area contributed by atoms with Crippen LogP contribution in [0.15, 0.2) is 22.9 Å². The molecule has 0 saturated carbocycles. The third-order valence-electron chi connectivity index (χ3n) is 4.13. The minimum absolute atomic E-state index is 0. The van der Waals surface area contributed by atoms with E-state index in [1.165, 1.54) is 30.6 Å². The van der Waals surface area contributed by atoms with Crippen LogP contribution in [0, 0.1) is 6.92 Å². The summed E-state index contributed by atoms with van der Waals surface area (Å²) in [7, 11) is 2.06. The number of pyridine rings is 1. The van der Waals surface area contributed by atoms with Crippen LogP contribution in [0.3, 0.4) is 0 Å². The summed E-state index contributed by atoms with van der Waals surface area (Å²) in [5.74, 6) is 0. The van der Waals surface area contributed by atoms with E-state index in [1.54, 1.807) is 0 Å². The van der Waals surface area contributed by atoms with Gasteiger partial charge in [0.25, 0.3) is 0 Å². The van der Waals surface area contributed by atoms with Crippen molar-refractivity contribution in [1.29, 1.82) is 0 Å². The highest BCUT2D eigenvalue weighted by Crippen LogP contribution is 2.20. The van der Waals surface area contributed by atoms with Gasteiger partial charge in [0.15, 0.2) is 0 Å². The number of likely N-dealkylation sites (N-methyl/N-ethyl adjacent to an activating group) is 1. The zero-order chi connectivity index (χ0) is 14.1. The summed E-state index contributed by atoms with van der Waals surface area (Å²) >= 11 is 3.58. The van der Waals surface area contributed by atoms with Crippen LogP contribution in [0.1, 0.15) is 24.1 Å². The molecule has 1 atom stereocenters. The van der Waals surface area contributed by atoms with Crippen LogP contribution in [0.4, 0.5) is 0 Å². The highest BCUT2D eigenvalue weighted by molar-refractivity contribution is 9.10. The number of nitrogens with one attached hydrogen (secondary N) is 1. The molecule has 3 heterocycles. The predicted molar refractivity (Wildman–Crippen MR) is 92.2 cm³/mol. The number of hydrogen-bond donors (Lipinski definition) is 1. The number of hydrogen-bond acceptors (Lipinski definition) is 3. The van der Waals surface area contributed by atoms with E-state index in [0.29, 0.717) is 6.04 Å². The van der Waals surface area contributed by atoms with Crippen LogP contribution < -0.4 is 5.32 Å². The molecular formula is C15H22BrClN4. The highest BCUT2D eigenvalue weighted by Gasteiger charge is 2.19. The summed E-state index contributed by atoms with van der Waals surface area (Å²) in [6.45, 7) is 5.37. The molecule has 116 valence electrons. The molecule has 4 nitrogen and oxygen atoms in total. The van der Waals surface area contributed by atoms with E-state index in [-0.39, 0.29) is 12.4 Å². The molecule has 6 heteroatoms. The number of aromatic nitrogens is 2. The number of fused-ring (bicyclic) bond motifs is 1. The Labute approximate surface area is 140 Å².